The van der Waals surface area contributed by atoms with Crippen LogP contribution in [-0.2, 0) is 9.84 Å². The Balaban J connectivity index is 2.01. The van der Waals surface area contributed by atoms with Gasteiger partial charge >= 0.3 is 0 Å². The van der Waals surface area contributed by atoms with E-state index in [9.17, 15) is 13.7 Å². The minimum absolute atomic E-state index is 0.206. The van der Waals surface area contributed by atoms with Crippen molar-refractivity contribution in [1.82, 2.24) is 0 Å². The monoisotopic (exact) mass is 255 g/mol. The van der Waals surface area contributed by atoms with Crippen LogP contribution in [0.25, 0.3) is 0 Å². The summed E-state index contributed by atoms with van der Waals surface area (Å²) in [5, 5.41) is 9.42. The first-order chi connectivity index (χ1) is 8.01. The molecule has 17 heavy (non-hydrogen) atoms. The van der Waals surface area contributed by atoms with Crippen LogP contribution in [-0.4, -0.2) is 19.9 Å². The van der Waals surface area contributed by atoms with Crippen molar-refractivity contribution in [2.45, 2.75) is 45.4 Å². The SMILES string of the molecule is CCCS(=O)(=O)CCC1(C#N)CC2CCC1C2. The second-order valence-corrected chi connectivity index (χ2v) is 8.05. The van der Waals surface area contributed by atoms with Gasteiger partial charge < -0.3 is 0 Å². The summed E-state index contributed by atoms with van der Waals surface area (Å²) < 4.78 is 23.5. The number of sulfone groups is 1. The maximum atomic E-state index is 11.7. The van der Waals surface area contributed by atoms with E-state index in [1.807, 2.05) is 6.92 Å². The lowest BCUT2D eigenvalue weighted by atomic mass is 9.72. The van der Waals surface area contributed by atoms with E-state index in [1.54, 1.807) is 0 Å². The molecule has 2 aliphatic carbocycles. The maximum absolute atomic E-state index is 11.7. The van der Waals surface area contributed by atoms with Crippen LogP contribution in [0.1, 0.15) is 45.4 Å². The molecular weight excluding hydrogens is 234 g/mol. The zero-order chi connectivity index (χ0) is 12.5. The predicted octanol–water partition coefficient (Wildman–Crippen LogP) is 2.53. The fourth-order valence-corrected chi connectivity index (χ4v) is 5.20. The van der Waals surface area contributed by atoms with E-state index >= 15 is 0 Å². The molecule has 0 saturated heterocycles. The van der Waals surface area contributed by atoms with Gasteiger partial charge in [-0.3, -0.25) is 0 Å². The molecule has 0 heterocycles. The summed E-state index contributed by atoms with van der Waals surface area (Å²) in [4.78, 5) is 0. The first-order valence-corrected chi connectivity index (χ1v) is 8.45. The Bertz CT molecular complexity index is 423. The standard InChI is InChI=1S/C13H21NO2S/c1-2-6-17(15,16)7-5-13(10-14)9-11-3-4-12(13)8-11/h11-12H,2-9H2,1H3. The normalized spacial score (nSPS) is 36.0. The van der Waals surface area contributed by atoms with E-state index in [1.165, 1.54) is 6.42 Å². The maximum Gasteiger partial charge on any atom is 0.150 e. The Morgan fingerprint density at radius 1 is 1.35 bits per heavy atom. The van der Waals surface area contributed by atoms with E-state index in [-0.39, 0.29) is 16.9 Å². The Morgan fingerprint density at radius 2 is 2.12 bits per heavy atom. The van der Waals surface area contributed by atoms with Crippen molar-refractivity contribution in [2.75, 3.05) is 11.5 Å². The van der Waals surface area contributed by atoms with E-state index < -0.39 is 9.84 Å². The van der Waals surface area contributed by atoms with Crippen molar-refractivity contribution in [3.8, 4) is 6.07 Å². The minimum atomic E-state index is -2.94. The van der Waals surface area contributed by atoms with Gasteiger partial charge in [0, 0.05) is 5.75 Å². The third kappa shape index (κ3) is 2.49. The van der Waals surface area contributed by atoms with Gasteiger partial charge in [-0.05, 0) is 43.9 Å². The molecule has 0 spiro atoms. The van der Waals surface area contributed by atoms with Crippen molar-refractivity contribution in [2.24, 2.45) is 17.3 Å². The van der Waals surface area contributed by atoms with E-state index in [4.69, 9.17) is 0 Å². The van der Waals surface area contributed by atoms with Gasteiger partial charge in [0.05, 0.1) is 17.2 Å². The van der Waals surface area contributed by atoms with Crippen molar-refractivity contribution in [3.05, 3.63) is 0 Å². The molecule has 2 aliphatic rings. The van der Waals surface area contributed by atoms with Crippen LogP contribution in [0, 0.1) is 28.6 Å². The Morgan fingerprint density at radius 3 is 2.59 bits per heavy atom. The summed E-state index contributed by atoms with van der Waals surface area (Å²) in [5.74, 6) is 1.63. The van der Waals surface area contributed by atoms with Crippen molar-refractivity contribution >= 4 is 9.84 Å². The Hall–Kier alpha value is -0.560. The average Bonchev–Trinajstić information content (AvgIpc) is 2.87. The van der Waals surface area contributed by atoms with E-state index in [0.717, 1.165) is 19.3 Å². The highest BCUT2D eigenvalue weighted by molar-refractivity contribution is 7.91. The topological polar surface area (TPSA) is 57.9 Å². The van der Waals surface area contributed by atoms with Gasteiger partial charge in [-0.25, -0.2) is 8.42 Å². The molecule has 0 aromatic heterocycles. The zero-order valence-electron chi connectivity index (χ0n) is 10.5. The summed E-state index contributed by atoms with van der Waals surface area (Å²) in [6.07, 6.45) is 5.71. The molecule has 0 aliphatic heterocycles. The number of hydrogen-bond acceptors (Lipinski definition) is 3. The Labute approximate surface area is 104 Å². The number of rotatable bonds is 5. The number of hydrogen-bond donors (Lipinski definition) is 0. The van der Waals surface area contributed by atoms with Gasteiger partial charge in [0.15, 0.2) is 0 Å². The van der Waals surface area contributed by atoms with Gasteiger partial charge in [-0.15, -0.1) is 0 Å². The van der Waals surface area contributed by atoms with Gasteiger partial charge in [0.2, 0.25) is 0 Å². The summed E-state index contributed by atoms with van der Waals surface area (Å²) in [5.41, 5.74) is -0.316. The highest BCUT2D eigenvalue weighted by Gasteiger charge is 2.51. The fraction of sp³-hybridized carbons (Fsp3) is 0.923. The van der Waals surface area contributed by atoms with Crippen molar-refractivity contribution in [3.63, 3.8) is 0 Å². The Kier molecular flexibility index (Phi) is 3.49. The second-order valence-electron chi connectivity index (χ2n) is 5.75. The van der Waals surface area contributed by atoms with Crippen LogP contribution in [0.2, 0.25) is 0 Å². The molecule has 0 radical (unpaired) electrons. The third-order valence-electron chi connectivity index (χ3n) is 4.57. The van der Waals surface area contributed by atoms with Gasteiger partial charge in [0.1, 0.15) is 9.84 Å². The molecule has 3 atom stereocenters. The lowest BCUT2D eigenvalue weighted by Crippen LogP contribution is -2.29. The number of nitriles is 1. The van der Waals surface area contributed by atoms with Crippen LogP contribution in [0.5, 0.6) is 0 Å². The molecular formula is C13H21NO2S. The van der Waals surface area contributed by atoms with Gasteiger partial charge in [0.25, 0.3) is 0 Å². The summed E-state index contributed by atoms with van der Waals surface area (Å²) >= 11 is 0. The molecule has 0 amide bonds. The fourth-order valence-electron chi connectivity index (χ4n) is 3.69. The van der Waals surface area contributed by atoms with Crippen molar-refractivity contribution in [1.29, 1.82) is 5.26 Å². The van der Waals surface area contributed by atoms with E-state index in [0.29, 0.717) is 24.7 Å². The van der Waals surface area contributed by atoms with Crippen LogP contribution >= 0.6 is 0 Å². The van der Waals surface area contributed by atoms with Gasteiger partial charge in [-0.1, -0.05) is 13.3 Å². The quantitative estimate of drug-likeness (QED) is 0.758. The number of fused-ring (bicyclic) bond motifs is 2. The minimum Gasteiger partial charge on any atom is -0.229 e. The molecule has 0 aromatic rings. The second kappa shape index (κ2) is 4.61. The zero-order valence-corrected chi connectivity index (χ0v) is 11.3. The predicted molar refractivity (Wildman–Crippen MR) is 67.1 cm³/mol. The van der Waals surface area contributed by atoms with Crippen LogP contribution in [0.3, 0.4) is 0 Å². The third-order valence-corrected chi connectivity index (χ3v) is 6.43. The molecule has 96 valence electrons. The first kappa shape index (κ1) is 12.9. The molecule has 0 aromatic carbocycles. The first-order valence-electron chi connectivity index (χ1n) is 6.63. The summed E-state index contributed by atoms with van der Waals surface area (Å²) in [7, 11) is -2.94. The van der Waals surface area contributed by atoms with E-state index in [2.05, 4.69) is 6.07 Å². The lowest BCUT2D eigenvalue weighted by molar-refractivity contribution is 0.233. The van der Waals surface area contributed by atoms with Crippen LogP contribution in [0.15, 0.2) is 0 Å². The molecule has 2 fully saturated rings. The van der Waals surface area contributed by atoms with Gasteiger partial charge in [-0.2, -0.15) is 5.26 Å². The average molecular weight is 255 g/mol. The van der Waals surface area contributed by atoms with Crippen LogP contribution in [0.4, 0.5) is 0 Å². The highest BCUT2D eigenvalue weighted by atomic mass is 32.2. The smallest absolute Gasteiger partial charge is 0.150 e. The molecule has 3 nitrogen and oxygen atoms in total. The molecule has 2 saturated carbocycles. The molecule has 4 heteroatoms. The summed E-state index contributed by atoms with van der Waals surface area (Å²) in [6, 6.07) is 2.46. The van der Waals surface area contributed by atoms with Crippen LogP contribution < -0.4 is 0 Å². The highest BCUT2D eigenvalue weighted by Crippen LogP contribution is 2.57. The van der Waals surface area contributed by atoms with Crippen molar-refractivity contribution < 1.29 is 8.42 Å². The lowest BCUT2D eigenvalue weighted by Gasteiger charge is -2.30. The summed E-state index contributed by atoms with van der Waals surface area (Å²) in [6.45, 7) is 1.88. The molecule has 0 N–H and O–H groups in total. The number of nitrogens with zero attached hydrogens (tertiary/aromatic N) is 1. The molecule has 2 rings (SSSR count). The molecule has 3 unspecified atom stereocenters. The molecule has 2 bridgehead atoms. The largest absolute Gasteiger partial charge is 0.229 e.